The van der Waals surface area contributed by atoms with Gasteiger partial charge in [0, 0.05) is 51.4 Å². The van der Waals surface area contributed by atoms with Crippen LogP contribution < -0.4 is 5.73 Å². The maximum absolute atomic E-state index is 12.4. The number of nitrogens with zero attached hydrogens (tertiary/aromatic N) is 3. The Kier molecular flexibility index (Phi) is 5.05. The molecule has 2 atom stereocenters. The standard InChI is InChI=1S/C17H26N4O/c18-16-6-3-4-14(16)12-17(22)21-10-8-20(9-11-21)13-15-5-1-2-7-19-15/h1-2,5,7,14,16H,3-4,6,8-13,18H2/t14-,16+/m0/s1. The SMILES string of the molecule is N[C@@H]1CCC[C@H]1CC(=O)N1CCN(Cc2ccccn2)CC1. The highest BCUT2D eigenvalue weighted by molar-refractivity contribution is 5.76. The number of nitrogens with two attached hydrogens (primary N) is 1. The van der Waals surface area contributed by atoms with Gasteiger partial charge in [0.1, 0.15) is 0 Å². The summed E-state index contributed by atoms with van der Waals surface area (Å²) < 4.78 is 0. The monoisotopic (exact) mass is 302 g/mol. The lowest BCUT2D eigenvalue weighted by atomic mass is 9.99. The molecule has 0 aromatic carbocycles. The summed E-state index contributed by atoms with van der Waals surface area (Å²) in [5.74, 6) is 0.693. The van der Waals surface area contributed by atoms with Gasteiger partial charge in [-0.05, 0) is 30.9 Å². The highest BCUT2D eigenvalue weighted by Gasteiger charge is 2.29. The summed E-state index contributed by atoms with van der Waals surface area (Å²) in [5, 5.41) is 0. The van der Waals surface area contributed by atoms with E-state index in [0.717, 1.165) is 51.3 Å². The molecule has 1 saturated heterocycles. The molecule has 1 amide bonds. The van der Waals surface area contributed by atoms with E-state index in [1.165, 1.54) is 6.42 Å². The number of aromatic nitrogens is 1. The van der Waals surface area contributed by atoms with Crippen molar-refractivity contribution in [2.45, 2.75) is 38.3 Å². The van der Waals surface area contributed by atoms with E-state index in [0.29, 0.717) is 18.2 Å². The smallest absolute Gasteiger partial charge is 0.222 e. The van der Waals surface area contributed by atoms with Crippen molar-refractivity contribution in [3.05, 3.63) is 30.1 Å². The summed E-state index contributed by atoms with van der Waals surface area (Å²) >= 11 is 0. The minimum atomic E-state index is 0.231. The highest BCUT2D eigenvalue weighted by Crippen LogP contribution is 2.27. The van der Waals surface area contributed by atoms with Crippen LogP contribution in [0, 0.1) is 5.92 Å². The number of carbonyl (C=O) groups excluding carboxylic acids is 1. The first-order chi connectivity index (χ1) is 10.7. The van der Waals surface area contributed by atoms with Crippen LogP contribution in [0.1, 0.15) is 31.4 Å². The molecule has 0 spiro atoms. The first-order valence-corrected chi connectivity index (χ1v) is 8.38. The summed E-state index contributed by atoms with van der Waals surface area (Å²) in [6.07, 6.45) is 5.85. The predicted molar refractivity (Wildman–Crippen MR) is 86.0 cm³/mol. The number of amides is 1. The average molecular weight is 302 g/mol. The van der Waals surface area contributed by atoms with Crippen molar-refractivity contribution in [3.8, 4) is 0 Å². The first kappa shape index (κ1) is 15.4. The van der Waals surface area contributed by atoms with Crippen LogP contribution in [0.25, 0.3) is 0 Å². The zero-order valence-electron chi connectivity index (χ0n) is 13.2. The number of rotatable bonds is 4. The zero-order chi connectivity index (χ0) is 15.4. The van der Waals surface area contributed by atoms with Gasteiger partial charge in [0.15, 0.2) is 0 Å². The number of piperazine rings is 1. The van der Waals surface area contributed by atoms with Crippen molar-refractivity contribution in [2.75, 3.05) is 26.2 Å². The van der Waals surface area contributed by atoms with E-state index in [1.807, 2.05) is 23.2 Å². The van der Waals surface area contributed by atoms with Crippen molar-refractivity contribution in [3.63, 3.8) is 0 Å². The molecule has 1 aliphatic carbocycles. The fourth-order valence-electron chi connectivity index (χ4n) is 3.55. The maximum Gasteiger partial charge on any atom is 0.222 e. The molecule has 22 heavy (non-hydrogen) atoms. The van der Waals surface area contributed by atoms with E-state index in [2.05, 4.69) is 16.0 Å². The van der Waals surface area contributed by atoms with Crippen LogP contribution in [0.3, 0.4) is 0 Å². The van der Waals surface area contributed by atoms with Crippen LogP contribution in [-0.4, -0.2) is 52.9 Å². The summed E-state index contributed by atoms with van der Waals surface area (Å²) in [4.78, 5) is 21.2. The summed E-state index contributed by atoms with van der Waals surface area (Å²) in [5.41, 5.74) is 7.18. The molecule has 0 unspecified atom stereocenters. The normalized spacial score (nSPS) is 26.3. The van der Waals surface area contributed by atoms with Gasteiger partial charge in [-0.3, -0.25) is 14.7 Å². The summed E-state index contributed by atoms with van der Waals surface area (Å²) in [7, 11) is 0. The molecule has 2 N–H and O–H groups in total. The van der Waals surface area contributed by atoms with Crippen LogP contribution in [0.2, 0.25) is 0 Å². The molecule has 1 aromatic heterocycles. The van der Waals surface area contributed by atoms with Gasteiger partial charge in [0.25, 0.3) is 0 Å². The van der Waals surface area contributed by atoms with Gasteiger partial charge in [0.2, 0.25) is 5.91 Å². The maximum atomic E-state index is 12.4. The lowest BCUT2D eigenvalue weighted by Gasteiger charge is -2.35. The average Bonchev–Trinajstić information content (AvgIpc) is 2.94. The van der Waals surface area contributed by atoms with E-state index in [-0.39, 0.29) is 6.04 Å². The molecule has 120 valence electrons. The third kappa shape index (κ3) is 3.84. The third-order valence-corrected chi connectivity index (χ3v) is 4.99. The first-order valence-electron chi connectivity index (χ1n) is 8.38. The molecule has 0 radical (unpaired) electrons. The molecule has 2 heterocycles. The largest absolute Gasteiger partial charge is 0.340 e. The Hall–Kier alpha value is -1.46. The Labute approximate surface area is 132 Å². The van der Waals surface area contributed by atoms with Crippen molar-refractivity contribution >= 4 is 5.91 Å². The highest BCUT2D eigenvalue weighted by atomic mass is 16.2. The molecule has 3 rings (SSSR count). The minimum absolute atomic E-state index is 0.231. The molecule has 2 fully saturated rings. The summed E-state index contributed by atoms with van der Waals surface area (Å²) in [6, 6.07) is 6.24. The van der Waals surface area contributed by atoms with E-state index >= 15 is 0 Å². The fraction of sp³-hybridized carbons (Fsp3) is 0.647. The number of pyridine rings is 1. The van der Waals surface area contributed by atoms with Crippen molar-refractivity contribution in [2.24, 2.45) is 11.7 Å². The van der Waals surface area contributed by atoms with Crippen LogP contribution in [-0.2, 0) is 11.3 Å². The molecule has 1 saturated carbocycles. The van der Waals surface area contributed by atoms with Gasteiger partial charge >= 0.3 is 0 Å². The molecule has 0 bridgehead atoms. The van der Waals surface area contributed by atoms with Crippen molar-refractivity contribution < 1.29 is 4.79 Å². The summed E-state index contributed by atoms with van der Waals surface area (Å²) in [6.45, 7) is 4.38. The van der Waals surface area contributed by atoms with Crippen LogP contribution in [0.5, 0.6) is 0 Å². The van der Waals surface area contributed by atoms with E-state index < -0.39 is 0 Å². The van der Waals surface area contributed by atoms with Gasteiger partial charge < -0.3 is 10.6 Å². The van der Waals surface area contributed by atoms with Gasteiger partial charge in [-0.15, -0.1) is 0 Å². The molecular formula is C17H26N4O. The quantitative estimate of drug-likeness (QED) is 0.909. The topological polar surface area (TPSA) is 62.5 Å². The molecular weight excluding hydrogens is 276 g/mol. The second-order valence-corrected chi connectivity index (χ2v) is 6.54. The Morgan fingerprint density at radius 1 is 1.23 bits per heavy atom. The van der Waals surface area contributed by atoms with Crippen LogP contribution >= 0.6 is 0 Å². The Bertz CT molecular complexity index is 485. The molecule has 1 aliphatic heterocycles. The van der Waals surface area contributed by atoms with Crippen molar-refractivity contribution in [1.29, 1.82) is 0 Å². The fourth-order valence-corrected chi connectivity index (χ4v) is 3.55. The second kappa shape index (κ2) is 7.20. The number of hydrogen-bond donors (Lipinski definition) is 1. The van der Waals surface area contributed by atoms with Gasteiger partial charge in [-0.1, -0.05) is 12.5 Å². The van der Waals surface area contributed by atoms with Gasteiger partial charge in [-0.25, -0.2) is 0 Å². The van der Waals surface area contributed by atoms with E-state index in [1.54, 1.807) is 0 Å². The molecule has 5 heteroatoms. The zero-order valence-corrected chi connectivity index (χ0v) is 13.2. The Morgan fingerprint density at radius 2 is 2.05 bits per heavy atom. The van der Waals surface area contributed by atoms with E-state index in [9.17, 15) is 4.79 Å². The molecule has 2 aliphatic rings. The van der Waals surface area contributed by atoms with Crippen LogP contribution in [0.4, 0.5) is 0 Å². The third-order valence-electron chi connectivity index (χ3n) is 4.99. The number of hydrogen-bond acceptors (Lipinski definition) is 4. The van der Waals surface area contributed by atoms with Gasteiger partial charge in [-0.2, -0.15) is 0 Å². The Balaban J connectivity index is 1.44. The predicted octanol–water partition coefficient (Wildman–Crippen LogP) is 1.24. The lowest BCUT2D eigenvalue weighted by molar-refractivity contribution is -0.134. The van der Waals surface area contributed by atoms with Crippen molar-refractivity contribution in [1.82, 2.24) is 14.8 Å². The second-order valence-electron chi connectivity index (χ2n) is 6.54. The number of carbonyl (C=O) groups is 1. The molecule has 1 aromatic rings. The minimum Gasteiger partial charge on any atom is -0.340 e. The van der Waals surface area contributed by atoms with Crippen LogP contribution in [0.15, 0.2) is 24.4 Å². The Morgan fingerprint density at radius 3 is 2.68 bits per heavy atom. The van der Waals surface area contributed by atoms with E-state index in [4.69, 9.17) is 5.73 Å². The molecule has 5 nitrogen and oxygen atoms in total. The van der Waals surface area contributed by atoms with Gasteiger partial charge in [0.05, 0.1) is 5.69 Å². The lowest BCUT2D eigenvalue weighted by Crippen LogP contribution is -2.49.